The van der Waals surface area contributed by atoms with Gasteiger partial charge in [-0.1, -0.05) is 26.7 Å². The molecule has 0 aromatic heterocycles. The first-order valence-electron chi connectivity index (χ1n) is 6.59. The summed E-state index contributed by atoms with van der Waals surface area (Å²) < 4.78 is 0. The third kappa shape index (κ3) is 3.72. The fraction of sp³-hybridized carbons (Fsp3) is 0.467. The van der Waals surface area contributed by atoms with Crippen LogP contribution in [0.5, 0.6) is 5.75 Å². The van der Waals surface area contributed by atoms with Gasteiger partial charge in [0.25, 0.3) is 0 Å². The number of carbonyl (C=O) groups excluding carboxylic acids is 1. The van der Waals surface area contributed by atoms with Gasteiger partial charge in [0.1, 0.15) is 11.2 Å². The highest BCUT2D eigenvalue weighted by Gasteiger charge is 2.36. The van der Waals surface area contributed by atoms with Crippen molar-refractivity contribution in [2.75, 3.05) is 5.32 Å². The number of aromatic hydroxyl groups is 1. The molecular formula is C15H20N2O2. The van der Waals surface area contributed by atoms with Gasteiger partial charge in [-0.2, -0.15) is 5.26 Å². The fourth-order valence-corrected chi connectivity index (χ4v) is 2.16. The number of amides is 1. The number of anilines is 1. The molecule has 1 aromatic rings. The molecule has 4 heteroatoms. The zero-order valence-corrected chi connectivity index (χ0v) is 11.4. The van der Waals surface area contributed by atoms with E-state index in [1.54, 1.807) is 12.1 Å². The molecule has 19 heavy (non-hydrogen) atoms. The summed E-state index contributed by atoms with van der Waals surface area (Å²) in [7, 11) is 0. The van der Waals surface area contributed by atoms with Crippen molar-refractivity contribution in [3.8, 4) is 11.8 Å². The van der Waals surface area contributed by atoms with E-state index >= 15 is 0 Å². The molecule has 0 atom stereocenters. The van der Waals surface area contributed by atoms with Gasteiger partial charge in [0.2, 0.25) is 5.91 Å². The van der Waals surface area contributed by atoms with Crippen molar-refractivity contribution in [2.45, 2.75) is 39.5 Å². The van der Waals surface area contributed by atoms with E-state index in [0.29, 0.717) is 18.5 Å². The molecule has 102 valence electrons. The van der Waals surface area contributed by atoms with E-state index in [2.05, 4.69) is 11.4 Å². The Morgan fingerprint density at radius 1 is 1.26 bits per heavy atom. The third-order valence-electron chi connectivity index (χ3n) is 3.13. The number of phenolic OH excluding ortho intramolecular Hbond substituents is 1. The predicted octanol–water partition coefficient (Wildman–Crippen LogP) is 3.44. The topological polar surface area (TPSA) is 73.1 Å². The molecule has 1 rings (SSSR count). The van der Waals surface area contributed by atoms with Crippen molar-refractivity contribution >= 4 is 11.6 Å². The van der Waals surface area contributed by atoms with Crippen molar-refractivity contribution in [2.24, 2.45) is 5.41 Å². The van der Waals surface area contributed by atoms with Gasteiger partial charge >= 0.3 is 0 Å². The highest BCUT2D eigenvalue weighted by Crippen LogP contribution is 2.31. The van der Waals surface area contributed by atoms with Gasteiger partial charge in [-0.25, -0.2) is 0 Å². The molecule has 0 aliphatic rings. The lowest BCUT2D eigenvalue weighted by Crippen LogP contribution is -2.35. The van der Waals surface area contributed by atoms with Crippen LogP contribution < -0.4 is 5.32 Å². The second-order valence-corrected chi connectivity index (χ2v) is 4.69. The van der Waals surface area contributed by atoms with Crippen LogP contribution in [0.25, 0.3) is 0 Å². The minimum absolute atomic E-state index is 0.145. The summed E-state index contributed by atoms with van der Waals surface area (Å²) in [5, 5.41) is 21.3. The van der Waals surface area contributed by atoms with Crippen LogP contribution in [0.4, 0.5) is 5.69 Å². The average molecular weight is 260 g/mol. The molecule has 0 bridgehead atoms. The number of hydrogen-bond acceptors (Lipinski definition) is 3. The van der Waals surface area contributed by atoms with Crippen LogP contribution in [0.15, 0.2) is 24.3 Å². The molecule has 0 saturated carbocycles. The van der Waals surface area contributed by atoms with E-state index in [-0.39, 0.29) is 11.7 Å². The van der Waals surface area contributed by atoms with Crippen molar-refractivity contribution < 1.29 is 9.90 Å². The molecule has 0 aliphatic heterocycles. The predicted molar refractivity (Wildman–Crippen MR) is 74.6 cm³/mol. The molecule has 0 aliphatic carbocycles. The van der Waals surface area contributed by atoms with Crippen LogP contribution in [-0.4, -0.2) is 11.0 Å². The number of rotatable bonds is 6. The van der Waals surface area contributed by atoms with E-state index in [1.807, 2.05) is 13.8 Å². The summed E-state index contributed by atoms with van der Waals surface area (Å²) in [6.45, 7) is 3.94. The molecule has 0 radical (unpaired) electrons. The molecule has 0 unspecified atom stereocenters. The van der Waals surface area contributed by atoms with E-state index in [9.17, 15) is 15.2 Å². The Hall–Kier alpha value is -2.02. The number of nitriles is 1. The summed E-state index contributed by atoms with van der Waals surface area (Å²) in [5.74, 6) is -0.115. The van der Waals surface area contributed by atoms with Gasteiger partial charge in [-0.3, -0.25) is 4.79 Å². The fourth-order valence-electron chi connectivity index (χ4n) is 2.16. The number of phenols is 1. The standard InChI is InChI=1S/C15H20N2O2/c1-3-9-15(11-16,10-4-2)14(19)17-12-5-7-13(18)8-6-12/h5-8,18H,3-4,9-10H2,1-2H3,(H,17,19). The van der Waals surface area contributed by atoms with Crippen LogP contribution in [-0.2, 0) is 4.79 Å². The molecule has 4 nitrogen and oxygen atoms in total. The zero-order valence-electron chi connectivity index (χ0n) is 11.4. The SMILES string of the molecule is CCCC(C#N)(CCC)C(=O)Nc1ccc(O)cc1. The van der Waals surface area contributed by atoms with Crippen LogP contribution >= 0.6 is 0 Å². The highest BCUT2D eigenvalue weighted by molar-refractivity contribution is 5.97. The number of carbonyl (C=O) groups is 1. The van der Waals surface area contributed by atoms with E-state index in [1.165, 1.54) is 12.1 Å². The maximum Gasteiger partial charge on any atom is 0.244 e. The first kappa shape index (κ1) is 15.0. The van der Waals surface area contributed by atoms with Crippen LogP contribution in [0.1, 0.15) is 39.5 Å². The largest absolute Gasteiger partial charge is 0.508 e. The van der Waals surface area contributed by atoms with E-state index < -0.39 is 5.41 Å². The maximum absolute atomic E-state index is 12.3. The minimum atomic E-state index is -0.957. The van der Waals surface area contributed by atoms with E-state index in [4.69, 9.17) is 0 Å². The monoisotopic (exact) mass is 260 g/mol. The summed E-state index contributed by atoms with van der Waals surface area (Å²) >= 11 is 0. The Morgan fingerprint density at radius 2 is 1.79 bits per heavy atom. The molecule has 0 saturated heterocycles. The highest BCUT2D eigenvalue weighted by atomic mass is 16.3. The Labute approximate surface area is 114 Å². The molecule has 2 N–H and O–H groups in total. The minimum Gasteiger partial charge on any atom is -0.508 e. The van der Waals surface area contributed by atoms with Crippen LogP contribution in [0.2, 0.25) is 0 Å². The molecule has 0 spiro atoms. The van der Waals surface area contributed by atoms with Crippen molar-refractivity contribution in [1.29, 1.82) is 5.26 Å². The second kappa shape index (κ2) is 6.79. The van der Waals surface area contributed by atoms with Crippen molar-refractivity contribution in [3.63, 3.8) is 0 Å². The van der Waals surface area contributed by atoms with Crippen molar-refractivity contribution in [3.05, 3.63) is 24.3 Å². The first-order chi connectivity index (χ1) is 9.07. The lowest BCUT2D eigenvalue weighted by molar-refractivity contribution is -0.123. The number of hydrogen-bond donors (Lipinski definition) is 2. The summed E-state index contributed by atoms with van der Waals surface area (Å²) in [5.41, 5.74) is -0.365. The van der Waals surface area contributed by atoms with Gasteiger partial charge in [0, 0.05) is 5.69 Å². The quantitative estimate of drug-likeness (QED) is 0.769. The molecule has 0 heterocycles. The molecule has 0 fully saturated rings. The molecular weight excluding hydrogens is 240 g/mol. The smallest absolute Gasteiger partial charge is 0.244 e. The number of nitrogens with zero attached hydrogens (tertiary/aromatic N) is 1. The zero-order chi connectivity index (χ0) is 14.3. The van der Waals surface area contributed by atoms with Gasteiger partial charge in [0.15, 0.2) is 0 Å². The maximum atomic E-state index is 12.3. The normalized spacial score (nSPS) is 10.8. The lowest BCUT2D eigenvalue weighted by Gasteiger charge is -2.24. The Balaban J connectivity index is 2.88. The van der Waals surface area contributed by atoms with Gasteiger partial charge in [0.05, 0.1) is 6.07 Å². The third-order valence-corrected chi connectivity index (χ3v) is 3.13. The molecule has 1 aromatic carbocycles. The van der Waals surface area contributed by atoms with Gasteiger partial charge in [-0.15, -0.1) is 0 Å². The first-order valence-corrected chi connectivity index (χ1v) is 6.59. The van der Waals surface area contributed by atoms with E-state index in [0.717, 1.165) is 12.8 Å². The van der Waals surface area contributed by atoms with Crippen LogP contribution in [0.3, 0.4) is 0 Å². The Morgan fingerprint density at radius 3 is 2.21 bits per heavy atom. The average Bonchev–Trinajstić information content (AvgIpc) is 2.41. The van der Waals surface area contributed by atoms with Gasteiger partial charge < -0.3 is 10.4 Å². The van der Waals surface area contributed by atoms with Crippen LogP contribution in [0, 0.1) is 16.7 Å². The lowest BCUT2D eigenvalue weighted by atomic mass is 9.79. The summed E-state index contributed by atoms with van der Waals surface area (Å²) in [4.78, 5) is 12.3. The number of nitrogens with one attached hydrogen (secondary N) is 1. The van der Waals surface area contributed by atoms with Gasteiger partial charge in [-0.05, 0) is 37.1 Å². The summed E-state index contributed by atoms with van der Waals surface area (Å²) in [6, 6.07) is 8.43. The Kier molecular flexibility index (Phi) is 5.37. The second-order valence-electron chi connectivity index (χ2n) is 4.69. The summed E-state index contributed by atoms with van der Waals surface area (Å²) in [6.07, 6.45) is 2.69. The molecule has 1 amide bonds. The Bertz CT molecular complexity index is 454. The van der Waals surface area contributed by atoms with Crippen molar-refractivity contribution in [1.82, 2.24) is 0 Å². The number of benzene rings is 1.